The van der Waals surface area contributed by atoms with Gasteiger partial charge in [0.05, 0.1) is 6.42 Å². The van der Waals surface area contributed by atoms with Crippen molar-refractivity contribution >= 4 is 37.6 Å². The van der Waals surface area contributed by atoms with Crippen LogP contribution in [0.2, 0.25) is 0 Å². The number of carbonyl (C=O) groups excluding carboxylic acids is 1. The Balaban J connectivity index is 2.23. The molecule has 2 aromatic rings. The highest BCUT2D eigenvalue weighted by molar-refractivity contribution is 9.11. The number of rotatable bonds is 3. The lowest BCUT2D eigenvalue weighted by Gasteiger charge is -2.03. The molecule has 0 saturated heterocycles. The van der Waals surface area contributed by atoms with Crippen LogP contribution in [0, 0.1) is 0 Å². The fraction of sp³-hybridized carbons (Fsp3) is 0.200. The average molecular weight is 360 g/mol. The van der Waals surface area contributed by atoms with E-state index in [9.17, 15) is 4.79 Å². The molecule has 0 unspecified atom stereocenters. The molecule has 0 bridgehead atoms. The van der Waals surface area contributed by atoms with Crippen LogP contribution in [0.3, 0.4) is 0 Å². The highest BCUT2D eigenvalue weighted by atomic mass is 79.9. The van der Waals surface area contributed by atoms with E-state index in [-0.39, 0.29) is 12.2 Å². The first-order valence-corrected chi connectivity index (χ1v) is 6.33. The predicted molar refractivity (Wildman–Crippen MR) is 68.7 cm³/mol. The van der Waals surface area contributed by atoms with Crippen LogP contribution in [0.25, 0.3) is 0 Å². The molecule has 0 aliphatic heterocycles. The summed E-state index contributed by atoms with van der Waals surface area (Å²) < 4.78 is 3.06. The summed E-state index contributed by atoms with van der Waals surface area (Å²) in [5.74, 6) is 0.520. The lowest BCUT2D eigenvalue weighted by Crippen LogP contribution is -2.11. The van der Waals surface area contributed by atoms with E-state index in [1.807, 2.05) is 0 Å². The molecule has 2 heterocycles. The van der Waals surface area contributed by atoms with Crippen molar-refractivity contribution in [2.24, 2.45) is 7.05 Å². The van der Waals surface area contributed by atoms with Crippen LogP contribution in [0.15, 0.2) is 27.5 Å². The predicted octanol–water partition coefficient (Wildman–Crippen LogP) is 2.16. The normalized spacial score (nSPS) is 10.5. The quantitative estimate of drug-likeness (QED) is 0.788. The summed E-state index contributed by atoms with van der Waals surface area (Å²) in [7, 11) is 1.75. The Kier molecular flexibility index (Phi) is 3.68. The second-order valence-electron chi connectivity index (χ2n) is 3.38. The first kappa shape index (κ1) is 12.4. The van der Waals surface area contributed by atoms with Crippen molar-refractivity contribution in [2.75, 3.05) is 0 Å². The third-order valence-electron chi connectivity index (χ3n) is 2.20. The molecule has 0 N–H and O–H groups in total. The molecule has 0 radical (unpaired) electrons. The highest BCUT2D eigenvalue weighted by Crippen LogP contribution is 2.20. The van der Waals surface area contributed by atoms with Gasteiger partial charge in [0, 0.05) is 22.2 Å². The smallest absolute Gasteiger partial charge is 0.189 e. The van der Waals surface area contributed by atoms with Crippen LogP contribution >= 0.6 is 31.9 Å². The van der Waals surface area contributed by atoms with Crippen LogP contribution in [-0.4, -0.2) is 25.5 Å². The van der Waals surface area contributed by atoms with Gasteiger partial charge in [-0.1, -0.05) is 0 Å². The van der Waals surface area contributed by atoms with E-state index in [2.05, 4.69) is 46.9 Å². The topological polar surface area (TPSA) is 60.7 Å². The van der Waals surface area contributed by atoms with Crippen LogP contribution in [0.5, 0.6) is 0 Å². The third-order valence-corrected chi connectivity index (χ3v) is 3.23. The summed E-state index contributed by atoms with van der Waals surface area (Å²) in [6.07, 6.45) is 3.20. The second kappa shape index (κ2) is 5.05. The van der Waals surface area contributed by atoms with E-state index in [0.717, 1.165) is 4.47 Å². The lowest BCUT2D eigenvalue weighted by molar-refractivity contribution is 0.0984. The molecule has 0 spiro atoms. The molecule has 88 valence electrons. The number of halogens is 2. The van der Waals surface area contributed by atoms with E-state index in [1.165, 1.54) is 6.33 Å². The number of ketones is 1. The highest BCUT2D eigenvalue weighted by Gasteiger charge is 2.15. The summed E-state index contributed by atoms with van der Waals surface area (Å²) >= 11 is 6.60. The summed E-state index contributed by atoms with van der Waals surface area (Å²) in [6.45, 7) is 0. The van der Waals surface area contributed by atoms with Gasteiger partial charge in [-0.15, -0.1) is 0 Å². The minimum atomic E-state index is -0.0968. The van der Waals surface area contributed by atoms with E-state index in [1.54, 1.807) is 24.0 Å². The molecule has 0 aromatic carbocycles. The maximum absolute atomic E-state index is 12.0. The van der Waals surface area contributed by atoms with Gasteiger partial charge in [0.2, 0.25) is 0 Å². The van der Waals surface area contributed by atoms with Gasteiger partial charge in [-0.25, -0.2) is 4.98 Å². The Labute approximate surface area is 115 Å². The van der Waals surface area contributed by atoms with Crippen LogP contribution < -0.4 is 0 Å². The number of aryl methyl sites for hydroxylation is 1. The molecule has 7 heteroatoms. The minimum Gasteiger partial charge on any atom is -0.292 e. The molecule has 0 atom stereocenters. The van der Waals surface area contributed by atoms with Crippen LogP contribution in [-0.2, 0) is 13.5 Å². The van der Waals surface area contributed by atoms with Gasteiger partial charge in [-0.3, -0.25) is 14.5 Å². The second-order valence-corrected chi connectivity index (χ2v) is 5.15. The Morgan fingerprint density at radius 2 is 2.18 bits per heavy atom. The number of pyridine rings is 1. The first-order chi connectivity index (χ1) is 8.08. The van der Waals surface area contributed by atoms with Crippen molar-refractivity contribution in [1.82, 2.24) is 19.7 Å². The Bertz CT molecular complexity index is 567. The maximum Gasteiger partial charge on any atom is 0.189 e. The molecule has 5 nitrogen and oxygen atoms in total. The van der Waals surface area contributed by atoms with E-state index in [4.69, 9.17) is 0 Å². The number of hydrogen-bond donors (Lipinski definition) is 0. The van der Waals surface area contributed by atoms with Crippen molar-refractivity contribution in [3.8, 4) is 0 Å². The number of aromatic nitrogens is 4. The summed E-state index contributed by atoms with van der Waals surface area (Å²) in [5.41, 5.74) is 0.399. The summed E-state index contributed by atoms with van der Waals surface area (Å²) in [6, 6.07) is 1.79. The summed E-state index contributed by atoms with van der Waals surface area (Å²) in [5, 5.41) is 3.91. The van der Waals surface area contributed by atoms with Gasteiger partial charge < -0.3 is 0 Å². The lowest BCUT2D eigenvalue weighted by atomic mass is 10.2. The number of carbonyl (C=O) groups is 1. The summed E-state index contributed by atoms with van der Waals surface area (Å²) in [4.78, 5) is 20.1. The van der Waals surface area contributed by atoms with Gasteiger partial charge in [-0.2, -0.15) is 5.10 Å². The van der Waals surface area contributed by atoms with Gasteiger partial charge in [0.15, 0.2) is 5.78 Å². The zero-order valence-corrected chi connectivity index (χ0v) is 12.1. The Hall–Kier alpha value is -1.08. The minimum absolute atomic E-state index is 0.0968. The number of Topliss-reactive ketones (excluding diaryl/α,β-unsaturated/α-hetero) is 1. The molecule has 2 aromatic heterocycles. The zero-order valence-electron chi connectivity index (χ0n) is 8.89. The molecular weight excluding hydrogens is 352 g/mol. The largest absolute Gasteiger partial charge is 0.292 e. The van der Waals surface area contributed by atoms with Crippen LogP contribution in [0.4, 0.5) is 0 Å². The van der Waals surface area contributed by atoms with Gasteiger partial charge in [0.25, 0.3) is 0 Å². The molecule has 2 rings (SSSR count). The molecule has 17 heavy (non-hydrogen) atoms. The van der Waals surface area contributed by atoms with Gasteiger partial charge >= 0.3 is 0 Å². The molecule has 0 fully saturated rings. The van der Waals surface area contributed by atoms with Crippen molar-refractivity contribution in [2.45, 2.75) is 6.42 Å². The molecule has 0 saturated carbocycles. The standard InChI is InChI=1S/C10H8Br2N4O/c1-16-9(14-5-15-16)3-8(17)10-7(12)2-6(11)4-13-10/h2,4-5H,3H2,1H3. The van der Waals surface area contributed by atoms with Crippen molar-refractivity contribution in [3.63, 3.8) is 0 Å². The number of hydrogen-bond acceptors (Lipinski definition) is 4. The van der Waals surface area contributed by atoms with Gasteiger partial charge in [0.1, 0.15) is 17.8 Å². The molecular formula is C10H8Br2N4O. The monoisotopic (exact) mass is 358 g/mol. The van der Waals surface area contributed by atoms with Crippen LogP contribution in [0.1, 0.15) is 16.3 Å². The SMILES string of the molecule is Cn1ncnc1CC(=O)c1ncc(Br)cc1Br. The maximum atomic E-state index is 12.0. The molecule has 0 aliphatic rings. The van der Waals surface area contributed by atoms with E-state index >= 15 is 0 Å². The fourth-order valence-electron chi connectivity index (χ4n) is 1.33. The molecule has 0 amide bonds. The fourth-order valence-corrected chi connectivity index (χ4v) is 2.54. The Morgan fingerprint density at radius 3 is 2.76 bits per heavy atom. The van der Waals surface area contributed by atoms with Crippen molar-refractivity contribution in [3.05, 3.63) is 39.1 Å². The average Bonchev–Trinajstić information content (AvgIpc) is 2.64. The van der Waals surface area contributed by atoms with Crippen molar-refractivity contribution in [1.29, 1.82) is 0 Å². The number of nitrogens with zero attached hydrogens (tertiary/aromatic N) is 4. The van der Waals surface area contributed by atoms with E-state index in [0.29, 0.717) is 16.0 Å². The molecule has 0 aliphatic carbocycles. The van der Waals surface area contributed by atoms with Gasteiger partial charge in [-0.05, 0) is 37.9 Å². The first-order valence-electron chi connectivity index (χ1n) is 4.75. The zero-order chi connectivity index (χ0) is 12.4. The Morgan fingerprint density at radius 1 is 1.41 bits per heavy atom. The third kappa shape index (κ3) is 2.78. The van der Waals surface area contributed by atoms with E-state index < -0.39 is 0 Å². The van der Waals surface area contributed by atoms with Crippen molar-refractivity contribution < 1.29 is 4.79 Å².